The van der Waals surface area contributed by atoms with E-state index in [9.17, 15) is 14.7 Å². The van der Waals surface area contributed by atoms with Gasteiger partial charge in [-0.2, -0.15) is 0 Å². The van der Waals surface area contributed by atoms with Crippen LogP contribution in [0.15, 0.2) is 24.3 Å². The van der Waals surface area contributed by atoms with Crippen molar-refractivity contribution >= 4 is 22.7 Å². The van der Waals surface area contributed by atoms with Crippen LogP contribution in [0.1, 0.15) is 37.3 Å². The topological polar surface area (TPSA) is 68.5 Å². The van der Waals surface area contributed by atoms with Crippen molar-refractivity contribution in [2.75, 3.05) is 6.61 Å². The van der Waals surface area contributed by atoms with Crippen molar-refractivity contribution in [3.05, 3.63) is 30.0 Å². The van der Waals surface area contributed by atoms with Gasteiger partial charge in [-0.3, -0.25) is 4.79 Å². The van der Waals surface area contributed by atoms with Crippen LogP contribution in [-0.2, 0) is 9.53 Å². The Morgan fingerprint density at radius 1 is 1.30 bits per heavy atom. The Balaban J connectivity index is 2.61. The fourth-order valence-corrected chi connectivity index (χ4v) is 2.24. The van der Waals surface area contributed by atoms with E-state index in [4.69, 9.17) is 4.74 Å². The average molecular weight is 275 g/mol. The Bertz CT molecular complexity index is 670. The highest BCUT2D eigenvalue weighted by atomic mass is 16.5. The van der Waals surface area contributed by atoms with Gasteiger partial charge in [-0.1, -0.05) is 0 Å². The highest BCUT2D eigenvalue weighted by molar-refractivity contribution is 6.40. The lowest BCUT2D eigenvalue weighted by Gasteiger charge is -2.13. The summed E-state index contributed by atoms with van der Waals surface area (Å²) in [6.07, 6.45) is 0. The first kappa shape index (κ1) is 14.1. The number of fused-ring (bicyclic) bond motifs is 1. The van der Waals surface area contributed by atoms with Crippen LogP contribution < -0.4 is 0 Å². The minimum Gasteiger partial charge on any atom is -0.508 e. The summed E-state index contributed by atoms with van der Waals surface area (Å²) in [5.74, 6) is -1.41. The number of aromatic nitrogens is 1. The van der Waals surface area contributed by atoms with E-state index in [0.29, 0.717) is 5.52 Å². The summed E-state index contributed by atoms with van der Waals surface area (Å²) < 4.78 is 6.49. The maximum atomic E-state index is 12.2. The number of aromatic hydroxyl groups is 1. The molecule has 1 heterocycles. The third kappa shape index (κ3) is 2.39. The van der Waals surface area contributed by atoms with Gasteiger partial charge in [0, 0.05) is 17.5 Å². The van der Waals surface area contributed by atoms with Crippen LogP contribution in [0.2, 0.25) is 0 Å². The molecule has 2 aromatic rings. The molecule has 1 N–H and O–H groups in total. The molecule has 0 aliphatic carbocycles. The number of phenolic OH excluding ortho intramolecular Hbond substituents is 1. The third-order valence-electron chi connectivity index (χ3n) is 3.04. The molecule has 0 radical (unpaired) electrons. The summed E-state index contributed by atoms with van der Waals surface area (Å²) >= 11 is 0. The molecule has 0 saturated carbocycles. The largest absolute Gasteiger partial charge is 0.508 e. The van der Waals surface area contributed by atoms with Crippen LogP contribution in [0, 0.1) is 0 Å². The lowest BCUT2D eigenvalue weighted by Crippen LogP contribution is -2.21. The van der Waals surface area contributed by atoms with Gasteiger partial charge in [0.1, 0.15) is 5.75 Å². The van der Waals surface area contributed by atoms with E-state index < -0.39 is 11.8 Å². The van der Waals surface area contributed by atoms with Crippen molar-refractivity contribution in [3.63, 3.8) is 0 Å². The van der Waals surface area contributed by atoms with Crippen molar-refractivity contribution in [2.45, 2.75) is 26.8 Å². The van der Waals surface area contributed by atoms with E-state index in [2.05, 4.69) is 0 Å². The molecule has 5 heteroatoms. The molecule has 1 aromatic heterocycles. The van der Waals surface area contributed by atoms with Gasteiger partial charge in [0.2, 0.25) is 0 Å². The van der Waals surface area contributed by atoms with Gasteiger partial charge in [-0.25, -0.2) is 4.79 Å². The number of rotatable bonds is 4. The van der Waals surface area contributed by atoms with Gasteiger partial charge in [-0.15, -0.1) is 0 Å². The molecule has 20 heavy (non-hydrogen) atoms. The number of hydrogen-bond donors (Lipinski definition) is 1. The number of ketones is 1. The Labute approximate surface area is 116 Å². The average Bonchev–Trinajstić information content (AvgIpc) is 2.76. The molecular formula is C15H17NO4. The molecule has 0 saturated heterocycles. The van der Waals surface area contributed by atoms with Gasteiger partial charge in [-0.05, 0) is 39.0 Å². The molecule has 1 aromatic carbocycles. The van der Waals surface area contributed by atoms with Crippen molar-refractivity contribution in [3.8, 4) is 5.75 Å². The number of esters is 1. The molecule has 5 nitrogen and oxygen atoms in total. The fourth-order valence-electron chi connectivity index (χ4n) is 2.24. The van der Waals surface area contributed by atoms with Crippen molar-refractivity contribution in [2.24, 2.45) is 0 Å². The Morgan fingerprint density at radius 3 is 2.60 bits per heavy atom. The Kier molecular flexibility index (Phi) is 3.79. The van der Waals surface area contributed by atoms with Crippen LogP contribution in [0.3, 0.4) is 0 Å². The minimum atomic E-state index is -0.860. The summed E-state index contributed by atoms with van der Waals surface area (Å²) in [5, 5.41) is 10.4. The normalized spacial score (nSPS) is 11.0. The highest BCUT2D eigenvalue weighted by Gasteiger charge is 2.24. The number of ether oxygens (including phenoxy) is 1. The van der Waals surface area contributed by atoms with Gasteiger partial charge < -0.3 is 14.4 Å². The summed E-state index contributed by atoms with van der Waals surface area (Å²) in [6, 6.07) is 6.46. The van der Waals surface area contributed by atoms with E-state index in [1.54, 1.807) is 35.8 Å². The molecule has 0 spiro atoms. The predicted molar refractivity (Wildman–Crippen MR) is 75.0 cm³/mol. The molecule has 106 valence electrons. The first-order chi connectivity index (χ1) is 9.45. The quantitative estimate of drug-likeness (QED) is 0.529. The number of hydrogen-bond acceptors (Lipinski definition) is 4. The van der Waals surface area contributed by atoms with Crippen LogP contribution >= 0.6 is 0 Å². The summed E-state index contributed by atoms with van der Waals surface area (Å²) in [7, 11) is 0. The van der Waals surface area contributed by atoms with Crippen molar-refractivity contribution < 1.29 is 19.4 Å². The first-order valence-electron chi connectivity index (χ1n) is 6.51. The standard InChI is InChI=1S/C15H17NO4/c1-4-20-15(19)14(18)13-7-10-5-6-11(17)8-12(10)16(13)9(2)3/h5-9,17H,4H2,1-3H3. The smallest absolute Gasteiger partial charge is 0.381 e. The molecule has 2 rings (SSSR count). The zero-order valence-corrected chi connectivity index (χ0v) is 11.7. The number of Topliss-reactive ketones (excluding diaryl/α,β-unsaturated/α-hetero) is 1. The second-order valence-electron chi connectivity index (χ2n) is 4.79. The number of carbonyl (C=O) groups excluding carboxylic acids is 2. The lowest BCUT2D eigenvalue weighted by atomic mass is 10.2. The van der Waals surface area contributed by atoms with Gasteiger partial charge >= 0.3 is 5.97 Å². The number of nitrogens with zero attached hydrogens (tertiary/aromatic N) is 1. The molecule has 0 aliphatic heterocycles. The van der Waals surface area contributed by atoms with Gasteiger partial charge in [0.25, 0.3) is 5.78 Å². The Hall–Kier alpha value is -2.30. The molecular weight excluding hydrogens is 258 g/mol. The van der Waals surface area contributed by atoms with E-state index in [1.165, 1.54) is 0 Å². The SMILES string of the molecule is CCOC(=O)C(=O)c1cc2ccc(O)cc2n1C(C)C. The number of carbonyl (C=O) groups is 2. The lowest BCUT2D eigenvalue weighted by molar-refractivity contribution is -0.137. The second kappa shape index (κ2) is 5.36. The summed E-state index contributed by atoms with van der Waals surface area (Å²) in [5.41, 5.74) is 0.992. The van der Waals surface area contributed by atoms with E-state index >= 15 is 0 Å². The van der Waals surface area contributed by atoms with Crippen LogP contribution in [-0.4, -0.2) is 28.0 Å². The molecule has 0 unspecified atom stereocenters. The maximum Gasteiger partial charge on any atom is 0.381 e. The van der Waals surface area contributed by atoms with Crippen molar-refractivity contribution in [1.29, 1.82) is 0 Å². The molecule has 0 atom stereocenters. The summed E-state index contributed by atoms with van der Waals surface area (Å²) in [4.78, 5) is 23.8. The second-order valence-corrected chi connectivity index (χ2v) is 4.79. The van der Waals surface area contributed by atoms with Gasteiger partial charge in [0.05, 0.1) is 17.8 Å². The van der Waals surface area contributed by atoms with Crippen LogP contribution in [0.4, 0.5) is 0 Å². The highest BCUT2D eigenvalue weighted by Crippen LogP contribution is 2.27. The molecule has 0 fully saturated rings. The predicted octanol–water partition coefficient (Wildman–Crippen LogP) is 2.67. The number of phenols is 1. The fraction of sp³-hybridized carbons (Fsp3) is 0.333. The zero-order chi connectivity index (χ0) is 14.9. The van der Waals surface area contributed by atoms with Crippen LogP contribution in [0.25, 0.3) is 10.9 Å². The van der Waals surface area contributed by atoms with E-state index in [-0.39, 0.29) is 24.1 Å². The van der Waals surface area contributed by atoms with Gasteiger partial charge in [0.15, 0.2) is 0 Å². The van der Waals surface area contributed by atoms with E-state index in [1.807, 2.05) is 13.8 Å². The van der Waals surface area contributed by atoms with Crippen LogP contribution in [0.5, 0.6) is 5.75 Å². The zero-order valence-electron chi connectivity index (χ0n) is 11.7. The van der Waals surface area contributed by atoms with E-state index in [0.717, 1.165) is 5.39 Å². The Morgan fingerprint density at radius 2 is 2.00 bits per heavy atom. The first-order valence-corrected chi connectivity index (χ1v) is 6.51. The third-order valence-corrected chi connectivity index (χ3v) is 3.04. The molecule has 0 aliphatic rings. The molecule has 0 amide bonds. The molecule has 0 bridgehead atoms. The monoisotopic (exact) mass is 275 g/mol. The number of benzene rings is 1. The van der Waals surface area contributed by atoms with Crippen molar-refractivity contribution in [1.82, 2.24) is 4.57 Å². The maximum absolute atomic E-state index is 12.2. The summed E-state index contributed by atoms with van der Waals surface area (Å²) in [6.45, 7) is 5.63. The minimum absolute atomic E-state index is 0.0253.